The lowest BCUT2D eigenvalue weighted by Crippen LogP contribution is -2.56. The summed E-state index contributed by atoms with van der Waals surface area (Å²) < 4.78 is 22.5. The Labute approximate surface area is 90.2 Å². The lowest BCUT2D eigenvalue weighted by atomic mass is 9.83. The van der Waals surface area contributed by atoms with E-state index in [1.165, 1.54) is 5.56 Å². The van der Waals surface area contributed by atoms with Crippen LogP contribution in [0.3, 0.4) is 0 Å². The molecule has 1 aromatic rings. The highest BCUT2D eigenvalue weighted by atomic mass is 32.2. The number of hydrogen-bond donors (Lipinski definition) is 1. The van der Waals surface area contributed by atoms with Gasteiger partial charge in [0.25, 0.3) is 0 Å². The van der Waals surface area contributed by atoms with Gasteiger partial charge in [0.1, 0.15) is 0 Å². The summed E-state index contributed by atoms with van der Waals surface area (Å²) in [7, 11) is -2.84. The van der Waals surface area contributed by atoms with Crippen LogP contribution in [0.25, 0.3) is 0 Å². The molecular weight excluding hydrogens is 210 g/mol. The fourth-order valence-electron chi connectivity index (χ4n) is 2.11. The first-order valence-corrected chi connectivity index (χ1v) is 6.77. The van der Waals surface area contributed by atoms with Gasteiger partial charge in [0.2, 0.25) is 0 Å². The van der Waals surface area contributed by atoms with Crippen molar-refractivity contribution in [2.24, 2.45) is 5.73 Å². The molecule has 4 heteroatoms. The Morgan fingerprint density at radius 3 is 2.20 bits per heavy atom. The molecule has 1 aliphatic rings. The molecule has 1 fully saturated rings. The van der Waals surface area contributed by atoms with Crippen molar-refractivity contribution in [1.29, 1.82) is 0 Å². The molecule has 15 heavy (non-hydrogen) atoms. The fraction of sp³-hybridized carbons (Fsp3) is 0.455. The van der Waals surface area contributed by atoms with Gasteiger partial charge >= 0.3 is 0 Å². The Bertz CT molecular complexity index is 450. The summed E-state index contributed by atoms with van der Waals surface area (Å²) in [5.41, 5.74) is 7.59. The molecule has 1 aromatic carbocycles. The van der Waals surface area contributed by atoms with Crippen LogP contribution in [0.1, 0.15) is 11.1 Å². The SMILES string of the molecule is Cc1ccc(C2(CN)CS(=O)(=O)C2)cc1. The van der Waals surface area contributed by atoms with E-state index in [1.54, 1.807) is 0 Å². The van der Waals surface area contributed by atoms with Gasteiger partial charge in [-0.1, -0.05) is 29.8 Å². The molecule has 0 aliphatic carbocycles. The van der Waals surface area contributed by atoms with Crippen molar-refractivity contribution in [2.45, 2.75) is 12.3 Å². The van der Waals surface area contributed by atoms with E-state index in [2.05, 4.69) is 0 Å². The van der Waals surface area contributed by atoms with Crippen LogP contribution >= 0.6 is 0 Å². The molecule has 0 radical (unpaired) electrons. The maximum Gasteiger partial charge on any atom is 0.152 e. The highest BCUT2D eigenvalue weighted by molar-refractivity contribution is 7.93. The fourth-order valence-corrected chi connectivity index (χ4v) is 4.28. The molecule has 0 amide bonds. The summed E-state index contributed by atoms with van der Waals surface area (Å²) in [5.74, 6) is 0.388. The number of sulfone groups is 1. The molecule has 0 atom stereocenters. The summed E-state index contributed by atoms with van der Waals surface area (Å²) in [6, 6.07) is 7.96. The van der Waals surface area contributed by atoms with E-state index in [9.17, 15) is 8.42 Å². The summed E-state index contributed by atoms with van der Waals surface area (Å²) in [4.78, 5) is 0. The molecule has 2 rings (SSSR count). The van der Waals surface area contributed by atoms with Crippen LogP contribution in [-0.2, 0) is 15.3 Å². The van der Waals surface area contributed by atoms with Crippen LogP contribution in [0.5, 0.6) is 0 Å². The van der Waals surface area contributed by atoms with E-state index in [0.717, 1.165) is 5.56 Å². The molecule has 1 heterocycles. The Morgan fingerprint density at radius 1 is 1.27 bits per heavy atom. The molecule has 0 aromatic heterocycles. The Morgan fingerprint density at radius 2 is 1.80 bits per heavy atom. The average molecular weight is 225 g/mol. The zero-order chi connectivity index (χ0) is 11.1. The summed E-state index contributed by atoms with van der Waals surface area (Å²) in [5, 5.41) is 0. The van der Waals surface area contributed by atoms with E-state index in [4.69, 9.17) is 5.73 Å². The number of rotatable bonds is 2. The van der Waals surface area contributed by atoms with Crippen molar-refractivity contribution >= 4 is 9.84 Å². The molecule has 1 aliphatic heterocycles. The lowest BCUT2D eigenvalue weighted by Gasteiger charge is -2.40. The Hall–Kier alpha value is -0.870. The minimum absolute atomic E-state index is 0.194. The van der Waals surface area contributed by atoms with E-state index < -0.39 is 9.84 Å². The van der Waals surface area contributed by atoms with Crippen LogP contribution in [0.2, 0.25) is 0 Å². The topological polar surface area (TPSA) is 60.2 Å². The van der Waals surface area contributed by atoms with Crippen molar-refractivity contribution in [3.63, 3.8) is 0 Å². The molecule has 2 N–H and O–H groups in total. The number of hydrogen-bond acceptors (Lipinski definition) is 3. The van der Waals surface area contributed by atoms with E-state index >= 15 is 0 Å². The maximum atomic E-state index is 11.2. The highest BCUT2D eigenvalue weighted by Gasteiger charge is 2.48. The Balaban J connectivity index is 2.33. The van der Waals surface area contributed by atoms with Gasteiger partial charge in [-0.15, -0.1) is 0 Å². The molecule has 3 nitrogen and oxygen atoms in total. The third-order valence-corrected chi connectivity index (χ3v) is 5.03. The van der Waals surface area contributed by atoms with Gasteiger partial charge in [-0.25, -0.2) is 8.42 Å². The van der Waals surface area contributed by atoms with Crippen molar-refractivity contribution < 1.29 is 8.42 Å². The molecule has 0 bridgehead atoms. The summed E-state index contributed by atoms with van der Waals surface area (Å²) in [6.07, 6.45) is 0. The standard InChI is InChI=1S/C11H15NO2S/c1-9-2-4-10(5-3-9)11(6-12)7-15(13,14)8-11/h2-5H,6-8,12H2,1H3. The van der Waals surface area contributed by atoms with Gasteiger partial charge < -0.3 is 5.73 Å². The van der Waals surface area contributed by atoms with Crippen LogP contribution < -0.4 is 5.73 Å². The zero-order valence-corrected chi connectivity index (χ0v) is 9.55. The molecular formula is C11H15NO2S. The van der Waals surface area contributed by atoms with Crippen molar-refractivity contribution in [3.05, 3.63) is 35.4 Å². The lowest BCUT2D eigenvalue weighted by molar-refractivity contribution is 0.465. The Kier molecular flexibility index (Phi) is 2.35. The highest BCUT2D eigenvalue weighted by Crippen LogP contribution is 2.35. The first kappa shape index (κ1) is 10.6. The van der Waals surface area contributed by atoms with Gasteiger partial charge in [-0.2, -0.15) is 0 Å². The van der Waals surface area contributed by atoms with Crippen molar-refractivity contribution in [3.8, 4) is 0 Å². The molecule has 82 valence electrons. The minimum Gasteiger partial charge on any atom is -0.330 e. The zero-order valence-electron chi connectivity index (χ0n) is 8.73. The molecule has 0 spiro atoms. The number of nitrogens with two attached hydrogens (primary N) is 1. The van der Waals surface area contributed by atoms with Crippen molar-refractivity contribution in [2.75, 3.05) is 18.1 Å². The summed E-state index contributed by atoms with van der Waals surface area (Å²) >= 11 is 0. The van der Waals surface area contributed by atoms with Crippen LogP contribution in [-0.4, -0.2) is 26.5 Å². The molecule has 0 saturated carbocycles. The third-order valence-electron chi connectivity index (χ3n) is 3.05. The van der Waals surface area contributed by atoms with Crippen LogP contribution in [0.15, 0.2) is 24.3 Å². The van der Waals surface area contributed by atoms with Gasteiger partial charge in [0.05, 0.1) is 11.5 Å². The molecule has 1 saturated heterocycles. The second-order valence-electron chi connectivity index (χ2n) is 4.38. The first-order chi connectivity index (χ1) is 6.97. The first-order valence-electron chi connectivity index (χ1n) is 4.95. The third kappa shape index (κ3) is 1.79. The molecule has 0 unspecified atom stereocenters. The van der Waals surface area contributed by atoms with Gasteiger partial charge in [-0.05, 0) is 12.5 Å². The van der Waals surface area contributed by atoms with Gasteiger partial charge in [0.15, 0.2) is 9.84 Å². The van der Waals surface area contributed by atoms with E-state index in [0.29, 0.717) is 6.54 Å². The van der Waals surface area contributed by atoms with Crippen molar-refractivity contribution in [1.82, 2.24) is 0 Å². The maximum absolute atomic E-state index is 11.2. The second kappa shape index (κ2) is 3.32. The largest absolute Gasteiger partial charge is 0.330 e. The van der Waals surface area contributed by atoms with E-state index in [-0.39, 0.29) is 16.9 Å². The van der Waals surface area contributed by atoms with Crippen LogP contribution in [0, 0.1) is 6.92 Å². The number of benzene rings is 1. The van der Waals surface area contributed by atoms with Gasteiger partial charge in [-0.3, -0.25) is 0 Å². The minimum atomic E-state index is -2.84. The monoisotopic (exact) mass is 225 g/mol. The summed E-state index contributed by atoms with van der Waals surface area (Å²) in [6.45, 7) is 2.41. The quantitative estimate of drug-likeness (QED) is 0.802. The van der Waals surface area contributed by atoms with E-state index in [1.807, 2.05) is 31.2 Å². The smallest absolute Gasteiger partial charge is 0.152 e. The average Bonchev–Trinajstić information content (AvgIpc) is 2.14. The van der Waals surface area contributed by atoms with Gasteiger partial charge in [0, 0.05) is 12.0 Å². The predicted molar refractivity (Wildman–Crippen MR) is 60.6 cm³/mol. The second-order valence-corrected chi connectivity index (χ2v) is 6.45. The predicted octanol–water partition coefficient (Wildman–Crippen LogP) is 0.620. The number of aryl methyl sites for hydroxylation is 1. The normalized spacial score (nSPS) is 22.0. The van der Waals surface area contributed by atoms with Crippen LogP contribution in [0.4, 0.5) is 0 Å².